The highest BCUT2D eigenvalue weighted by Crippen LogP contribution is 2.35. The molecule has 2 heterocycles. The first kappa shape index (κ1) is 15.7. The van der Waals surface area contributed by atoms with Crippen LogP contribution in [0.2, 0.25) is 0 Å². The van der Waals surface area contributed by atoms with Crippen molar-refractivity contribution in [2.45, 2.75) is 26.3 Å². The summed E-state index contributed by atoms with van der Waals surface area (Å²) in [7, 11) is 1.93. The van der Waals surface area contributed by atoms with Gasteiger partial charge in [0.15, 0.2) is 0 Å². The van der Waals surface area contributed by atoms with E-state index in [0.29, 0.717) is 18.2 Å². The first-order chi connectivity index (χ1) is 11.0. The summed E-state index contributed by atoms with van der Waals surface area (Å²) >= 11 is 0. The normalized spacial score (nSPS) is 21.3. The average molecular weight is 315 g/mol. The Morgan fingerprint density at radius 2 is 2.04 bits per heavy atom. The van der Waals surface area contributed by atoms with Crippen LogP contribution in [0.3, 0.4) is 0 Å². The van der Waals surface area contributed by atoms with Crippen LogP contribution in [0.5, 0.6) is 0 Å². The van der Waals surface area contributed by atoms with Gasteiger partial charge in [-0.15, -0.1) is 0 Å². The van der Waals surface area contributed by atoms with Gasteiger partial charge in [0.1, 0.15) is 11.5 Å². The minimum atomic E-state index is -0.277. The molecule has 0 aliphatic carbocycles. The summed E-state index contributed by atoms with van der Waals surface area (Å²) in [6, 6.07) is 6.07. The molecule has 0 saturated heterocycles. The number of nitrogens with zero attached hydrogens (tertiary/aromatic N) is 2. The second-order valence-electron chi connectivity index (χ2n) is 6.57. The van der Waals surface area contributed by atoms with Gasteiger partial charge in [0, 0.05) is 24.9 Å². The van der Waals surface area contributed by atoms with Crippen LogP contribution in [0.25, 0.3) is 0 Å². The molecule has 23 heavy (non-hydrogen) atoms. The van der Waals surface area contributed by atoms with Gasteiger partial charge in [-0.3, -0.25) is 9.79 Å². The second kappa shape index (κ2) is 6.14. The van der Waals surface area contributed by atoms with Crippen LogP contribution in [-0.2, 0) is 4.79 Å². The predicted octanol–water partition coefficient (Wildman–Crippen LogP) is 2.68. The molecule has 1 amide bonds. The number of benzene rings is 1. The number of hydrogen-bond acceptors (Lipinski definition) is 3. The third-order valence-corrected chi connectivity index (χ3v) is 4.27. The number of aliphatic imine (C=N–C) groups is 1. The van der Waals surface area contributed by atoms with Crippen molar-refractivity contribution < 1.29 is 9.18 Å². The number of carbonyl (C=O) groups excluding carboxylic acids is 1. The van der Waals surface area contributed by atoms with Gasteiger partial charge in [-0.25, -0.2) is 4.39 Å². The van der Waals surface area contributed by atoms with E-state index in [1.54, 1.807) is 12.1 Å². The fraction of sp³-hybridized carbons (Fsp3) is 0.444. The number of nitrogens with one attached hydrogen (secondary N) is 1. The Bertz CT molecular complexity index is 676. The fourth-order valence-electron chi connectivity index (χ4n) is 3.21. The van der Waals surface area contributed by atoms with Crippen molar-refractivity contribution in [3.8, 4) is 0 Å². The lowest BCUT2D eigenvalue weighted by atomic mass is 9.91. The van der Waals surface area contributed by atoms with Crippen LogP contribution in [0.15, 0.2) is 40.5 Å². The highest BCUT2D eigenvalue weighted by atomic mass is 19.1. The molecule has 1 unspecified atom stereocenters. The van der Waals surface area contributed by atoms with Gasteiger partial charge < -0.3 is 10.2 Å². The first-order valence-electron chi connectivity index (χ1n) is 8.02. The zero-order chi connectivity index (χ0) is 16.6. The number of hydrogen-bond donors (Lipinski definition) is 1. The molecular weight excluding hydrogens is 293 g/mol. The van der Waals surface area contributed by atoms with Crippen molar-refractivity contribution in [2.75, 3.05) is 20.1 Å². The summed E-state index contributed by atoms with van der Waals surface area (Å²) in [6.45, 7) is 5.71. The molecule has 0 radical (unpaired) electrons. The summed E-state index contributed by atoms with van der Waals surface area (Å²) in [5, 5.41) is 3.04. The van der Waals surface area contributed by atoms with E-state index in [9.17, 15) is 9.18 Å². The van der Waals surface area contributed by atoms with E-state index >= 15 is 0 Å². The number of likely N-dealkylation sites (N-methyl/N-ethyl adjacent to an activating group) is 1. The molecule has 2 aliphatic rings. The first-order valence-corrected chi connectivity index (χ1v) is 8.02. The van der Waals surface area contributed by atoms with Gasteiger partial charge >= 0.3 is 0 Å². The Hall–Kier alpha value is -2.17. The van der Waals surface area contributed by atoms with Crippen molar-refractivity contribution in [3.63, 3.8) is 0 Å². The number of halogens is 1. The summed E-state index contributed by atoms with van der Waals surface area (Å²) in [4.78, 5) is 19.2. The summed E-state index contributed by atoms with van der Waals surface area (Å²) in [6.07, 6.45) is 0.833. The predicted molar refractivity (Wildman–Crippen MR) is 88.7 cm³/mol. The molecule has 0 saturated carbocycles. The molecule has 1 aromatic carbocycles. The molecule has 1 N–H and O–H groups in total. The maximum absolute atomic E-state index is 13.2. The lowest BCUT2D eigenvalue weighted by molar-refractivity contribution is -0.118. The Morgan fingerprint density at radius 1 is 1.35 bits per heavy atom. The highest BCUT2D eigenvalue weighted by molar-refractivity contribution is 6.12. The third-order valence-electron chi connectivity index (χ3n) is 4.27. The molecular formula is C18H22FN3O. The van der Waals surface area contributed by atoms with E-state index in [1.807, 2.05) is 11.9 Å². The van der Waals surface area contributed by atoms with Gasteiger partial charge in [-0.1, -0.05) is 26.0 Å². The van der Waals surface area contributed by atoms with Crippen molar-refractivity contribution in [3.05, 3.63) is 46.9 Å². The summed E-state index contributed by atoms with van der Waals surface area (Å²) in [5.74, 6) is 0.104. The van der Waals surface area contributed by atoms with Crippen LogP contribution < -0.4 is 5.32 Å². The van der Waals surface area contributed by atoms with Gasteiger partial charge in [0.05, 0.1) is 12.6 Å². The standard InChI is InChI=1S/C18H22FN3O/c1-11(2)10-14-15-16(12-4-6-13(19)7-5-12)21-18(23)17(15)22(3)9-8-20-14/h4-7,11,16H,8-10H2,1-3H3,(H,21,23). The SMILES string of the molecule is CC(C)CC1=NCCN(C)C2=C1C(c1ccc(F)cc1)NC2=O. The second-order valence-corrected chi connectivity index (χ2v) is 6.57. The molecule has 122 valence electrons. The molecule has 0 aromatic heterocycles. The molecule has 0 bridgehead atoms. The van der Waals surface area contributed by atoms with Crippen LogP contribution in [0.1, 0.15) is 31.9 Å². The van der Waals surface area contributed by atoms with E-state index in [1.165, 1.54) is 12.1 Å². The number of rotatable bonds is 3. The van der Waals surface area contributed by atoms with Crippen molar-refractivity contribution in [2.24, 2.45) is 10.9 Å². The topological polar surface area (TPSA) is 44.7 Å². The molecule has 1 aromatic rings. The molecule has 4 nitrogen and oxygen atoms in total. The van der Waals surface area contributed by atoms with Gasteiger partial charge in [-0.05, 0) is 30.0 Å². The molecule has 1 atom stereocenters. The minimum Gasteiger partial charge on any atom is -0.368 e. The Labute approximate surface area is 136 Å². The fourth-order valence-corrected chi connectivity index (χ4v) is 3.21. The van der Waals surface area contributed by atoms with Gasteiger partial charge in [0.2, 0.25) is 0 Å². The lowest BCUT2D eigenvalue weighted by Gasteiger charge is -2.19. The van der Waals surface area contributed by atoms with E-state index in [2.05, 4.69) is 19.2 Å². The summed E-state index contributed by atoms with van der Waals surface area (Å²) in [5.41, 5.74) is 3.54. The van der Waals surface area contributed by atoms with E-state index in [-0.39, 0.29) is 17.8 Å². The molecule has 5 heteroatoms. The zero-order valence-corrected chi connectivity index (χ0v) is 13.8. The van der Waals surface area contributed by atoms with E-state index in [4.69, 9.17) is 4.99 Å². The highest BCUT2D eigenvalue weighted by Gasteiger charge is 2.38. The van der Waals surface area contributed by atoms with E-state index in [0.717, 1.165) is 29.8 Å². The quantitative estimate of drug-likeness (QED) is 0.932. The maximum Gasteiger partial charge on any atom is 0.268 e. The molecule has 2 aliphatic heterocycles. The van der Waals surface area contributed by atoms with Crippen molar-refractivity contribution >= 4 is 11.6 Å². The van der Waals surface area contributed by atoms with Crippen LogP contribution in [0, 0.1) is 11.7 Å². The lowest BCUT2D eigenvalue weighted by Crippen LogP contribution is -2.29. The number of carbonyl (C=O) groups is 1. The largest absolute Gasteiger partial charge is 0.368 e. The van der Waals surface area contributed by atoms with Crippen molar-refractivity contribution in [1.82, 2.24) is 10.2 Å². The minimum absolute atomic E-state index is 0.0739. The monoisotopic (exact) mass is 315 g/mol. The third kappa shape index (κ3) is 3.00. The van der Waals surface area contributed by atoms with Crippen LogP contribution in [-0.4, -0.2) is 36.7 Å². The van der Waals surface area contributed by atoms with Gasteiger partial charge in [0.25, 0.3) is 5.91 Å². The van der Waals surface area contributed by atoms with Crippen molar-refractivity contribution in [1.29, 1.82) is 0 Å². The van der Waals surface area contributed by atoms with E-state index < -0.39 is 0 Å². The van der Waals surface area contributed by atoms with Crippen LogP contribution in [0.4, 0.5) is 4.39 Å². The smallest absolute Gasteiger partial charge is 0.268 e. The summed E-state index contributed by atoms with van der Waals surface area (Å²) < 4.78 is 13.2. The Balaban J connectivity index is 2.08. The zero-order valence-electron chi connectivity index (χ0n) is 13.8. The maximum atomic E-state index is 13.2. The van der Waals surface area contributed by atoms with Gasteiger partial charge in [-0.2, -0.15) is 0 Å². The molecule has 3 rings (SSSR count). The average Bonchev–Trinajstić information content (AvgIpc) is 2.75. The Morgan fingerprint density at radius 3 is 2.70 bits per heavy atom. The van der Waals surface area contributed by atoms with Crippen LogP contribution >= 0.6 is 0 Å². The number of amides is 1. The molecule has 0 spiro atoms. The Kier molecular flexibility index (Phi) is 4.20. The molecule has 0 fully saturated rings.